The van der Waals surface area contributed by atoms with Crippen LogP contribution in [0.25, 0.3) is 0 Å². The minimum atomic E-state index is 0.255. The molecule has 1 aromatic rings. The number of thioether (sulfide) groups is 1. The Kier molecular flexibility index (Phi) is 5.60. The first-order chi connectivity index (χ1) is 8.33. The van der Waals surface area contributed by atoms with Crippen molar-refractivity contribution in [1.82, 2.24) is 15.3 Å². The second kappa shape index (κ2) is 6.53. The third kappa shape index (κ3) is 4.94. The first-order valence-electron chi connectivity index (χ1n) is 6.46. The zero-order chi connectivity index (χ0) is 13.8. The summed E-state index contributed by atoms with van der Waals surface area (Å²) in [7, 11) is 1.95. The van der Waals surface area contributed by atoms with Crippen LogP contribution in [0.2, 0.25) is 0 Å². The molecular formula is C14H25N3S. The molecule has 0 saturated carbocycles. The summed E-state index contributed by atoms with van der Waals surface area (Å²) in [6.07, 6.45) is 1.97. The van der Waals surface area contributed by atoms with Gasteiger partial charge in [-0.3, -0.25) is 0 Å². The fourth-order valence-electron chi connectivity index (χ4n) is 1.64. The fourth-order valence-corrected chi connectivity index (χ4v) is 2.34. The molecule has 0 saturated heterocycles. The molecule has 0 atom stereocenters. The first-order valence-corrected chi connectivity index (χ1v) is 7.45. The molecule has 0 aromatic carbocycles. The number of hydrogen-bond donors (Lipinski definition) is 1. The third-order valence-corrected chi connectivity index (χ3v) is 3.76. The van der Waals surface area contributed by atoms with Crippen LogP contribution in [-0.2, 0) is 12.3 Å². The molecule has 4 heteroatoms. The van der Waals surface area contributed by atoms with Gasteiger partial charge in [-0.2, -0.15) is 0 Å². The average Bonchev–Trinajstić information content (AvgIpc) is 2.26. The predicted octanol–water partition coefficient (Wildman–Crippen LogP) is 3.35. The fraction of sp³-hybridized carbons (Fsp3) is 0.714. The Labute approximate surface area is 115 Å². The van der Waals surface area contributed by atoms with Crippen molar-refractivity contribution in [2.45, 2.75) is 57.6 Å². The van der Waals surface area contributed by atoms with Gasteiger partial charge < -0.3 is 5.32 Å². The molecule has 0 aliphatic rings. The van der Waals surface area contributed by atoms with E-state index in [4.69, 9.17) is 4.98 Å². The third-order valence-electron chi connectivity index (χ3n) is 2.50. The summed E-state index contributed by atoms with van der Waals surface area (Å²) in [4.78, 5) is 9.19. The van der Waals surface area contributed by atoms with Crippen molar-refractivity contribution in [1.29, 1.82) is 0 Å². The molecule has 0 bridgehead atoms. The van der Waals surface area contributed by atoms with Crippen molar-refractivity contribution in [2.75, 3.05) is 7.05 Å². The van der Waals surface area contributed by atoms with Gasteiger partial charge in [0, 0.05) is 23.1 Å². The highest BCUT2D eigenvalue weighted by Gasteiger charge is 2.14. The van der Waals surface area contributed by atoms with Gasteiger partial charge in [-0.1, -0.05) is 34.6 Å². The summed E-state index contributed by atoms with van der Waals surface area (Å²) in [6, 6.07) is 0. The van der Waals surface area contributed by atoms with E-state index in [1.54, 1.807) is 0 Å². The van der Waals surface area contributed by atoms with Crippen LogP contribution in [0.5, 0.6) is 0 Å². The molecule has 18 heavy (non-hydrogen) atoms. The summed E-state index contributed by atoms with van der Waals surface area (Å²) in [6.45, 7) is 11.9. The van der Waals surface area contributed by atoms with Gasteiger partial charge in [0.2, 0.25) is 0 Å². The van der Waals surface area contributed by atoms with Gasteiger partial charge in [-0.25, -0.2) is 9.97 Å². The van der Waals surface area contributed by atoms with Crippen LogP contribution in [0.4, 0.5) is 0 Å². The summed E-state index contributed by atoms with van der Waals surface area (Å²) < 4.78 is 0.255. The van der Waals surface area contributed by atoms with Crippen molar-refractivity contribution >= 4 is 11.8 Å². The molecule has 0 spiro atoms. The second-order valence-electron chi connectivity index (χ2n) is 5.78. The summed E-state index contributed by atoms with van der Waals surface area (Å²) in [5.41, 5.74) is 2.38. The minimum absolute atomic E-state index is 0.255. The molecule has 1 aromatic heterocycles. The van der Waals surface area contributed by atoms with Gasteiger partial charge in [0.1, 0.15) is 5.82 Å². The van der Waals surface area contributed by atoms with Crippen LogP contribution in [0, 0.1) is 0 Å². The maximum atomic E-state index is 4.72. The van der Waals surface area contributed by atoms with Crippen LogP contribution in [-0.4, -0.2) is 21.8 Å². The normalized spacial score (nSPS) is 12.2. The number of nitrogens with zero attached hydrogens (tertiary/aromatic N) is 2. The van der Waals surface area contributed by atoms with E-state index >= 15 is 0 Å². The van der Waals surface area contributed by atoms with Crippen LogP contribution in [0.15, 0.2) is 6.20 Å². The van der Waals surface area contributed by atoms with E-state index < -0.39 is 0 Å². The van der Waals surface area contributed by atoms with E-state index in [1.165, 1.54) is 11.3 Å². The van der Waals surface area contributed by atoms with Crippen molar-refractivity contribution < 1.29 is 0 Å². The SMILES string of the molecule is CNCc1cnc(CSC(C)(C)C)nc1C(C)C. The highest BCUT2D eigenvalue weighted by atomic mass is 32.2. The molecular weight excluding hydrogens is 242 g/mol. The lowest BCUT2D eigenvalue weighted by atomic mass is 10.1. The van der Waals surface area contributed by atoms with Crippen LogP contribution in [0.3, 0.4) is 0 Å². The Bertz CT molecular complexity index is 383. The maximum absolute atomic E-state index is 4.72. The Morgan fingerprint density at radius 2 is 2.00 bits per heavy atom. The largest absolute Gasteiger partial charge is 0.316 e. The Hall–Kier alpha value is -0.610. The Balaban J connectivity index is 2.86. The Morgan fingerprint density at radius 1 is 1.33 bits per heavy atom. The molecule has 0 unspecified atom stereocenters. The van der Waals surface area contributed by atoms with Crippen LogP contribution >= 0.6 is 11.8 Å². The van der Waals surface area contributed by atoms with Crippen LogP contribution in [0.1, 0.15) is 57.6 Å². The maximum Gasteiger partial charge on any atom is 0.138 e. The topological polar surface area (TPSA) is 37.8 Å². The monoisotopic (exact) mass is 267 g/mol. The molecule has 0 amide bonds. The summed E-state index contributed by atoms with van der Waals surface area (Å²) in [5.74, 6) is 2.26. The van der Waals surface area contributed by atoms with E-state index in [9.17, 15) is 0 Å². The van der Waals surface area contributed by atoms with E-state index in [-0.39, 0.29) is 4.75 Å². The molecule has 0 aliphatic heterocycles. The number of rotatable bonds is 5. The van der Waals surface area contributed by atoms with Gasteiger partial charge in [0.05, 0.1) is 11.4 Å². The van der Waals surface area contributed by atoms with Gasteiger partial charge in [-0.15, -0.1) is 11.8 Å². The molecule has 0 aliphatic carbocycles. The summed E-state index contributed by atoms with van der Waals surface area (Å²) >= 11 is 1.89. The lowest BCUT2D eigenvalue weighted by Crippen LogP contribution is -2.13. The number of hydrogen-bond acceptors (Lipinski definition) is 4. The quantitative estimate of drug-likeness (QED) is 0.888. The van der Waals surface area contributed by atoms with Gasteiger partial charge in [0.15, 0.2) is 0 Å². The molecule has 3 nitrogen and oxygen atoms in total. The number of nitrogens with one attached hydrogen (secondary N) is 1. The molecule has 0 radical (unpaired) electrons. The second-order valence-corrected chi connectivity index (χ2v) is 7.58. The highest BCUT2D eigenvalue weighted by molar-refractivity contribution is 7.99. The average molecular weight is 267 g/mol. The van der Waals surface area contributed by atoms with Gasteiger partial charge >= 0.3 is 0 Å². The molecule has 1 rings (SSSR count). The standard InChI is InChI=1S/C14H25N3S/c1-10(2)13-11(7-15-6)8-16-12(17-13)9-18-14(3,4)5/h8,10,15H,7,9H2,1-6H3. The molecule has 0 fully saturated rings. The smallest absolute Gasteiger partial charge is 0.138 e. The lowest BCUT2D eigenvalue weighted by Gasteiger charge is -2.18. The van der Waals surface area contributed by atoms with Crippen molar-refractivity contribution in [3.8, 4) is 0 Å². The predicted molar refractivity (Wildman–Crippen MR) is 79.9 cm³/mol. The van der Waals surface area contributed by atoms with Crippen molar-refractivity contribution in [3.63, 3.8) is 0 Å². The van der Waals surface area contributed by atoms with E-state index in [0.29, 0.717) is 5.92 Å². The lowest BCUT2D eigenvalue weighted by molar-refractivity contribution is 0.730. The number of aromatic nitrogens is 2. The zero-order valence-electron chi connectivity index (χ0n) is 12.4. The Morgan fingerprint density at radius 3 is 2.50 bits per heavy atom. The van der Waals surface area contributed by atoms with Crippen molar-refractivity contribution in [3.05, 3.63) is 23.3 Å². The first kappa shape index (κ1) is 15.4. The summed E-state index contributed by atoms with van der Waals surface area (Å²) in [5, 5.41) is 3.17. The molecule has 1 N–H and O–H groups in total. The van der Waals surface area contributed by atoms with E-state index in [0.717, 1.165) is 18.1 Å². The van der Waals surface area contributed by atoms with Gasteiger partial charge in [-0.05, 0) is 13.0 Å². The van der Waals surface area contributed by atoms with Crippen LogP contribution < -0.4 is 5.32 Å². The molecule has 1 heterocycles. The van der Waals surface area contributed by atoms with Gasteiger partial charge in [0.25, 0.3) is 0 Å². The highest BCUT2D eigenvalue weighted by Crippen LogP contribution is 2.26. The van der Waals surface area contributed by atoms with Crippen molar-refractivity contribution in [2.24, 2.45) is 0 Å². The zero-order valence-corrected chi connectivity index (χ0v) is 13.2. The molecule has 102 valence electrons. The minimum Gasteiger partial charge on any atom is -0.316 e. The van der Waals surface area contributed by atoms with E-state index in [1.807, 2.05) is 25.0 Å². The van der Waals surface area contributed by atoms with E-state index in [2.05, 4.69) is 44.9 Å².